The summed E-state index contributed by atoms with van der Waals surface area (Å²) in [6, 6.07) is 10.6. The number of halogens is 2. The molecule has 3 rings (SSSR count). The SMILES string of the molecule is COC(=O)C1(N2CCN(Cc3ccccc3)CC2)CC1.Cl.Cl. The summed E-state index contributed by atoms with van der Waals surface area (Å²) in [6.07, 6.45) is 1.91. The molecule has 1 aromatic rings. The summed E-state index contributed by atoms with van der Waals surface area (Å²) >= 11 is 0. The van der Waals surface area contributed by atoms with Gasteiger partial charge in [-0.1, -0.05) is 30.3 Å². The summed E-state index contributed by atoms with van der Waals surface area (Å²) in [7, 11) is 1.49. The predicted octanol–water partition coefficient (Wildman–Crippen LogP) is 2.35. The van der Waals surface area contributed by atoms with E-state index in [0.717, 1.165) is 45.6 Å². The maximum Gasteiger partial charge on any atom is 0.326 e. The highest BCUT2D eigenvalue weighted by atomic mass is 35.5. The molecule has 2 fully saturated rings. The normalized spacial score (nSPS) is 20.4. The molecule has 0 aromatic heterocycles. The lowest BCUT2D eigenvalue weighted by Crippen LogP contribution is -2.54. The van der Waals surface area contributed by atoms with E-state index >= 15 is 0 Å². The van der Waals surface area contributed by atoms with Crippen LogP contribution in [-0.4, -0.2) is 54.6 Å². The van der Waals surface area contributed by atoms with Gasteiger partial charge in [0.05, 0.1) is 7.11 Å². The Labute approximate surface area is 144 Å². The monoisotopic (exact) mass is 346 g/mol. The van der Waals surface area contributed by atoms with Gasteiger partial charge in [0.25, 0.3) is 0 Å². The van der Waals surface area contributed by atoms with Crippen LogP contribution >= 0.6 is 24.8 Å². The van der Waals surface area contributed by atoms with Crippen molar-refractivity contribution in [3.63, 3.8) is 0 Å². The van der Waals surface area contributed by atoms with E-state index in [2.05, 4.69) is 40.1 Å². The zero-order valence-electron chi connectivity index (χ0n) is 12.9. The molecule has 0 spiro atoms. The quantitative estimate of drug-likeness (QED) is 0.783. The molecular formula is C16H24Cl2N2O2. The van der Waals surface area contributed by atoms with Gasteiger partial charge in [-0.05, 0) is 18.4 Å². The van der Waals surface area contributed by atoms with Crippen molar-refractivity contribution in [2.45, 2.75) is 24.9 Å². The third-order valence-corrected chi connectivity index (χ3v) is 4.52. The highest BCUT2D eigenvalue weighted by molar-refractivity contribution is 5.85. The average molecular weight is 347 g/mol. The number of hydrogen-bond donors (Lipinski definition) is 0. The van der Waals surface area contributed by atoms with E-state index in [1.165, 1.54) is 12.7 Å². The van der Waals surface area contributed by atoms with Crippen molar-refractivity contribution in [2.75, 3.05) is 33.3 Å². The first-order valence-corrected chi connectivity index (χ1v) is 7.34. The highest BCUT2D eigenvalue weighted by Gasteiger charge is 2.55. The lowest BCUT2D eigenvalue weighted by Gasteiger charge is -2.38. The Morgan fingerprint density at radius 2 is 1.68 bits per heavy atom. The smallest absolute Gasteiger partial charge is 0.326 e. The van der Waals surface area contributed by atoms with Crippen LogP contribution in [-0.2, 0) is 16.1 Å². The van der Waals surface area contributed by atoms with E-state index in [1.807, 2.05) is 0 Å². The van der Waals surface area contributed by atoms with Crippen LogP contribution < -0.4 is 0 Å². The second kappa shape index (κ2) is 8.16. The van der Waals surface area contributed by atoms with Gasteiger partial charge in [0.2, 0.25) is 0 Å². The minimum absolute atomic E-state index is 0. The Bertz CT molecular complexity index is 472. The summed E-state index contributed by atoms with van der Waals surface area (Å²) < 4.78 is 4.96. The van der Waals surface area contributed by atoms with Gasteiger partial charge in [-0.3, -0.25) is 14.6 Å². The van der Waals surface area contributed by atoms with Gasteiger partial charge < -0.3 is 4.74 Å². The Balaban J connectivity index is 0.00000121. The third kappa shape index (κ3) is 3.93. The van der Waals surface area contributed by atoms with Gasteiger partial charge in [0.15, 0.2) is 0 Å². The molecule has 1 saturated heterocycles. The number of methoxy groups -OCH3 is 1. The molecule has 1 aliphatic carbocycles. The molecule has 0 amide bonds. The van der Waals surface area contributed by atoms with Crippen molar-refractivity contribution < 1.29 is 9.53 Å². The van der Waals surface area contributed by atoms with Crippen LogP contribution in [0.1, 0.15) is 18.4 Å². The van der Waals surface area contributed by atoms with E-state index in [4.69, 9.17) is 4.74 Å². The molecule has 1 aromatic carbocycles. The number of hydrogen-bond acceptors (Lipinski definition) is 4. The average Bonchev–Trinajstić information content (AvgIpc) is 3.30. The van der Waals surface area contributed by atoms with Gasteiger partial charge >= 0.3 is 5.97 Å². The topological polar surface area (TPSA) is 32.8 Å². The molecule has 2 aliphatic rings. The first-order chi connectivity index (χ1) is 9.74. The number of ether oxygens (including phenoxy) is 1. The number of carbonyl (C=O) groups excluding carboxylic acids is 1. The van der Waals surface area contributed by atoms with Gasteiger partial charge in [-0.2, -0.15) is 0 Å². The van der Waals surface area contributed by atoms with Crippen molar-refractivity contribution >= 4 is 30.8 Å². The van der Waals surface area contributed by atoms with Crippen LogP contribution in [0.4, 0.5) is 0 Å². The van der Waals surface area contributed by atoms with Crippen LogP contribution in [0.15, 0.2) is 30.3 Å². The van der Waals surface area contributed by atoms with Crippen LogP contribution in [0.2, 0.25) is 0 Å². The van der Waals surface area contributed by atoms with Gasteiger partial charge in [-0.25, -0.2) is 0 Å². The molecule has 0 bridgehead atoms. The third-order valence-electron chi connectivity index (χ3n) is 4.52. The van der Waals surface area contributed by atoms with E-state index in [1.54, 1.807) is 0 Å². The second-order valence-corrected chi connectivity index (χ2v) is 5.77. The van der Waals surface area contributed by atoms with E-state index < -0.39 is 0 Å². The van der Waals surface area contributed by atoms with Crippen LogP contribution in [0.5, 0.6) is 0 Å². The van der Waals surface area contributed by atoms with Gasteiger partial charge in [-0.15, -0.1) is 24.8 Å². The maximum atomic E-state index is 11.9. The predicted molar refractivity (Wildman–Crippen MR) is 91.8 cm³/mol. The second-order valence-electron chi connectivity index (χ2n) is 5.77. The molecule has 0 N–H and O–H groups in total. The largest absolute Gasteiger partial charge is 0.468 e. The van der Waals surface area contributed by atoms with E-state index in [0.29, 0.717) is 0 Å². The molecule has 124 valence electrons. The maximum absolute atomic E-state index is 11.9. The minimum atomic E-state index is -0.284. The summed E-state index contributed by atoms with van der Waals surface area (Å²) in [4.78, 5) is 16.7. The van der Waals surface area contributed by atoms with Gasteiger partial charge in [0.1, 0.15) is 5.54 Å². The Morgan fingerprint density at radius 1 is 1.09 bits per heavy atom. The summed E-state index contributed by atoms with van der Waals surface area (Å²) in [5.74, 6) is -0.0472. The lowest BCUT2D eigenvalue weighted by molar-refractivity contribution is -0.149. The lowest BCUT2D eigenvalue weighted by atomic mass is 10.1. The Hall–Kier alpha value is -0.810. The number of benzene rings is 1. The molecule has 1 heterocycles. The molecule has 0 radical (unpaired) electrons. The van der Waals surface area contributed by atoms with Gasteiger partial charge in [0, 0.05) is 32.7 Å². The van der Waals surface area contributed by atoms with Crippen molar-refractivity contribution in [3.8, 4) is 0 Å². The molecular weight excluding hydrogens is 323 g/mol. The Morgan fingerprint density at radius 3 is 2.18 bits per heavy atom. The van der Waals surface area contributed by atoms with Crippen molar-refractivity contribution in [3.05, 3.63) is 35.9 Å². The fourth-order valence-corrected chi connectivity index (χ4v) is 3.13. The molecule has 4 nitrogen and oxygen atoms in total. The molecule has 0 atom stereocenters. The van der Waals surface area contributed by atoms with Crippen molar-refractivity contribution in [1.82, 2.24) is 9.80 Å². The standard InChI is InChI=1S/C16H22N2O2.2ClH/c1-20-15(19)16(7-8-16)18-11-9-17(10-12-18)13-14-5-3-2-4-6-14;;/h2-6H,7-13H2,1H3;2*1H. The zero-order chi connectivity index (χ0) is 14.0. The summed E-state index contributed by atoms with van der Waals surface area (Å²) in [5.41, 5.74) is 1.07. The zero-order valence-corrected chi connectivity index (χ0v) is 14.5. The number of rotatable bonds is 4. The first-order valence-electron chi connectivity index (χ1n) is 7.34. The molecule has 0 unspecified atom stereocenters. The summed E-state index contributed by atoms with van der Waals surface area (Å²) in [5, 5.41) is 0. The molecule has 1 saturated carbocycles. The molecule has 6 heteroatoms. The minimum Gasteiger partial charge on any atom is -0.468 e. The summed E-state index contributed by atoms with van der Waals surface area (Å²) in [6.45, 7) is 4.96. The Kier molecular flexibility index (Phi) is 7.13. The fourth-order valence-electron chi connectivity index (χ4n) is 3.13. The van der Waals surface area contributed by atoms with Crippen LogP contribution in [0, 0.1) is 0 Å². The number of carbonyl (C=O) groups is 1. The van der Waals surface area contributed by atoms with Crippen molar-refractivity contribution in [2.24, 2.45) is 0 Å². The molecule has 1 aliphatic heterocycles. The van der Waals surface area contributed by atoms with E-state index in [9.17, 15) is 4.79 Å². The highest BCUT2D eigenvalue weighted by Crippen LogP contribution is 2.43. The first kappa shape index (κ1) is 19.2. The van der Waals surface area contributed by atoms with E-state index in [-0.39, 0.29) is 36.3 Å². The number of piperazine rings is 1. The van der Waals surface area contributed by atoms with Crippen LogP contribution in [0.25, 0.3) is 0 Å². The molecule has 22 heavy (non-hydrogen) atoms. The number of nitrogens with zero attached hydrogens (tertiary/aromatic N) is 2. The van der Waals surface area contributed by atoms with Crippen molar-refractivity contribution in [1.29, 1.82) is 0 Å². The number of esters is 1. The van der Waals surface area contributed by atoms with Crippen LogP contribution in [0.3, 0.4) is 0 Å². The fraction of sp³-hybridized carbons (Fsp3) is 0.562.